The maximum atomic E-state index is 13.9. The van der Waals surface area contributed by atoms with E-state index >= 15 is 0 Å². The molecule has 6 nitrogen and oxygen atoms in total. The summed E-state index contributed by atoms with van der Waals surface area (Å²) < 4.78 is 13.6. The van der Waals surface area contributed by atoms with Crippen molar-refractivity contribution in [3.05, 3.63) is 94.3 Å². The van der Waals surface area contributed by atoms with Crippen LogP contribution in [0.3, 0.4) is 0 Å². The number of nitrogens with zero attached hydrogens (tertiary/aromatic N) is 1. The van der Waals surface area contributed by atoms with Crippen LogP contribution in [-0.2, 0) is 26.3 Å². The summed E-state index contributed by atoms with van der Waals surface area (Å²) >= 11 is 6.33. The maximum absolute atomic E-state index is 13.9. The smallest absolute Gasteiger partial charge is 0.291 e. The number of carbonyl (C=O) groups excluding carboxylic acids is 3. The Hall–Kier alpha value is -3.55. The van der Waals surface area contributed by atoms with Gasteiger partial charge >= 0.3 is 0 Å². The highest BCUT2D eigenvalue weighted by atomic mass is 35.5. The Kier molecular flexibility index (Phi) is 4.85. The standard InChI is InChI=1S/C27H21ClFN3O3/c1-14-19(28)12-11-18-23(14)30-26(35)27(18)22-21(20(31-27)13-15-5-3-2-4-6-15)24(33)32(25(22)34)17-9-7-16(29)8-10-17/h2-12,20-22,31H,13H2,1H3,(H,30,35)/p+1/t20-,21+,22-,27-/m0/s1. The fourth-order valence-corrected chi connectivity index (χ4v) is 6.23. The van der Waals surface area contributed by atoms with Crippen LogP contribution in [-0.4, -0.2) is 23.8 Å². The maximum Gasteiger partial charge on any atom is 0.291 e. The topological polar surface area (TPSA) is 83.1 Å². The molecule has 2 fully saturated rings. The van der Waals surface area contributed by atoms with Gasteiger partial charge in [-0.1, -0.05) is 41.9 Å². The van der Waals surface area contributed by atoms with Crippen molar-refractivity contribution in [3.63, 3.8) is 0 Å². The lowest BCUT2D eigenvalue weighted by molar-refractivity contribution is -0.733. The van der Waals surface area contributed by atoms with Crippen LogP contribution in [0.2, 0.25) is 5.02 Å². The third-order valence-electron chi connectivity index (χ3n) is 7.64. The molecule has 3 aliphatic heterocycles. The van der Waals surface area contributed by atoms with Crippen molar-refractivity contribution in [1.29, 1.82) is 0 Å². The van der Waals surface area contributed by atoms with Crippen LogP contribution in [0.1, 0.15) is 16.7 Å². The summed E-state index contributed by atoms with van der Waals surface area (Å²) in [6.45, 7) is 1.82. The number of nitrogens with one attached hydrogen (secondary N) is 1. The van der Waals surface area contributed by atoms with Gasteiger partial charge in [-0.2, -0.15) is 0 Å². The van der Waals surface area contributed by atoms with Crippen molar-refractivity contribution in [3.8, 4) is 0 Å². The van der Waals surface area contributed by atoms with Crippen LogP contribution in [0.25, 0.3) is 0 Å². The van der Waals surface area contributed by atoms with Crippen molar-refractivity contribution in [1.82, 2.24) is 0 Å². The number of imide groups is 1. The molecule has 0 radical (unpaired) electrons. The van der Waals surface area contributed by atoms with Gasteiger partial charge < -0.3 is 10.6 Å². The van der Waals surface area contributed by atoms with E-state index in [9.17, 15) is 18.8 Å². The van der Waals surface area contributed by atoms with E-state index in [4.69, 9.17) is 11.6 Å². The number of quaternary nitrogens is 1. The molecule has 1 spiro atoms. The van der Waals surface area contributed by atoms with E-state index in [1.165, 1.54) is 24.3 Å². The summed E-state index contributed by atoms with van der Waals surface area (Å²) in [7, 11) is 0. The number of hydrogen-bond donors (Lipinski definition) is 2. The Balaban J connectivity index is 1.51. The van der Waals surface area contributed by atoms with E-state index in [1.54, 1.807) is 12.1 Å². The molecule has 3 N–H and O–H groups in total. The first kappa shape index (κ1) is 21.9. The van der Waals surface area contributed by atoms with Crippen LogP contribution in [0, 0.1) is 24.6 Å². The van der Waals surface area contributed by atoms with Gasteiger partial charge in [0, 0.05) is 17.0 Å². The van der Waals surface area contributed by atoms with Gasteiger partial charge in [0.1, 0.15) is 23.7 Å². The highest BCUT2D eigenvalue weighted by molar-refractivity contribution is 6.32. The SMILES string of the molecule is Cc1c(Cl)ccc2c1NC(=O)[C@]21[NH2+][C@@H](Cc2ccccc2)[C@H]2C(=O)N(c3ccc(F)cc3)C(=O)[C@H]21. The Morgan fingerprint density at radius 2 is 1.71 bits per heavy atom. The summed E-state index contributed by atoms with van der Waals surface area (Å²) in [6.07, 6.45) is 0.509. The molecule has 3 aromatic rings. The molecule has 3 aromatic carbocycles. The lowest BCUT2D eigenvalue weighted by atomic mass is 9.76. The number of amides is 3. The highest BCUT2D eigenvalue weighted by Gasteiger charge is 2.74. The minimum Gasteiger partial charge on any atom is -0.326 e. The molecular weight excluding hydrogens is 469 g/mol. The lowest BCUT2D eigenvalue weighted by Gasteiger charge is -2.26. The number of carbonyl (C=O) groups is 3. The van der Waals surface area contributed by atoms with E-state index < -0.39 is 29.1 Å². The summed E-state index contributed by atoms with van der Waals surface area (Å²) in [5.41, 5.74) is 2.00. The van der Waals surface area contributed by atoms with Gasteiger partial charge in [-0.05, 0) is 54.4 Å². The van der Waals surface area contributed by atoms with Crippen molar-refractivity contribution in [2.45, 2.75) is 24.9 Å². The minimum absolute atomic E-state index is 0.301. The van der Waals surface area contributed by atoms with Gasteiger partial charge in [-0.3, -0.25) is 14.4 Å². The summed E-state index contributed by atoms with van der Waals surface area (Å²) in [5.74, 6) is -3.24. The summed E-state index contributed by atoms with van der Waals surface area (Å²) in [6, 6.07) is 18.1. The van der Waals surface area contributed by atoms with E-state index in [2.05, 4.69) is 5.32 Å². The fraction of sp³-hybridized carbons (Fsp3) is 0.222. The Labute approximate surface area is 206 Å². The quantitative estimate of drug-likeness (QED) is 0.554. The molecule has 0 unspecified atom stereocenters. The van der Waals surface area contributed by atoms with Crippen LogP contribution < -0.4 is 15.5 Å². The van der Waals surface area contributed by atoms with Crippen LogP contribution >= 0.6 is 11.6 Å². The van der Waals surface area contributed by atoms with E-state index in [0.29, 0.717) is 28.4 Å². The van der Waals surface area contributed by atoms with Gasteiger partial charge in [0.05, 0.1) is 11.4 Å². The van der Waals surface area contributed by atoms with Crippen molar-refractivity contribution in [2.75, 3.05) is 10.2 Å². The molecule has 4 atom stereocenters. The monoisotopic (exact) mass is 490 g/mol. The number of hydrogen-bond acceptors (Lipinski definition) is 3. The van der Waals surface area contributed by atoms with Crippen LogP contribution in [0.15, 0.2) is 66.7 Å². The largest absolute Gasteiger partial charge is 0.326 e. The van der Waals surface area contributed by atoms with Crippen molar-refractivity contribution in [2.24, 2.45) is 11.8 Å². The number of rotatable bonds is 3. The zero-order valence-electron chi connectivity index (χ0n) is 18.8. The van der Waals surface area contributed by atoms with Crippen LogP contribution in [0.4, 0.5) is 15.8 Å². The molecule has 0 bridgehead atoms. The molecule has 8 heteroatoms. The minimum atomic E-state index is -1.30. The highest BCUT2D eigenvalue weighted by Crippen LogP contribution is 2.51. The van der Waals surface area contributed by atoms with Crippen molar-refractivity contribution >= 4 is 40.7 Å². The molecule has 3 aliphatic rings. The third kappa shape index (κ3) is 3.01. The molecule has 0 aromatic heterocycles. The Bertz CT molecular complexity index is 1390. The molecule has 3 amide bonds. The lowest BCUT2D eigenvalue weighted by Crippen LogP contribution is -2.99. The molecule has 0 aliphatic carbocycles. The third-order valence-corrected chi connectivity index (χ3v) is 8.05. The van der Waals surface area contributed by atoms with Gasteiger partial charge in [-0.25, -0.2) is 9.29 Å². The second-order valence-electron chi connectivity index (χ2n) is 9.43. The van der Waals surface area contributed by atoms with Gasteiger partial charge in [0.2, 0.25) is 17.4 Å². The average Bonchev–Trinajstić information content (AvgIpc) is 3.43. The predicted octanol–water partition coefficient (Wildman–Crippen LogP) is 2.93. The number of benzene rings is 3. The first-order chi connectivity index (χ1) is 16.8. The Morgan fingerprint density at radius 3 is 2.43 bits per heavy atom. The average molecular weight is 491 g/mol. The summed E-state index contributed by atoms with van der Waals surface area (Å²) in [5, 5.41) is 5.36. The van der Waals surface area contributed by atoms with Crippen molar-refractivity contribution < 1.29 is 24.1 Å². The Morgan fingerprint density at radius 1 is 1.00 bits per heavy atom. The van der Waals surface area contributed by atoms with E-state index in [1.807, 2.05) is 42.6 Å². The first-order valence-electron chi connectivity index (χ1n) is 11.5. The molecule has 35 heavy (non-hydrogen) atoms. The zero-order valence-corrected chi connectivity index (χ0v) is 19.6. The van der Waals surface area contributed by atoms with Gasteiger partial charge in [-0.15, -0.1) is 0 Å². The zero-order chi connectivity index (χ0) is 24.5. The van der Waals surface area contributed by atoms with E-state index in [-0.39, 0.29) is 17.9 Å². The second-order valence-corrected chi connectivity index (χ2v) is 9.84. The number of fused-ring (bicyclic) bond motifs is 4. The number of halogens is 2. The predicted molar refractivity (Wildman–Crippen MR) is 128 cm³/mol. The molecule has 2 saturated heterocycles. The van der Waals surface area contributed by atoms with Gasteiger partial charge in [0.25, 0.3) is 5.91 Å². The normalized spacial score (nSPS) is 26.9. The van der Waals surface area contributed by atoms with E-state index in [0.717, 1.165) is 16.0 Å². The fourth-order valence-electron chi connectivity index (χ4n) is 6.07. The molecule has 176 valence electrons. The second kappa shape index (κ2) is 7.73. The molecule has 0 saturated carbocycles. The van der Waals surface area contributed by atoms with Gasteiger partial charge in [0.15, 0.2) is 0 Å². The first-order valence-corrected chi connectivity index (χ1v) is 11.8. The number of nitrogens with two attached hydrogens (primary N) is 1. The molecule has 3 heterocycles. The molecular formula is C27H22ClFN3O3+. The van der Waals surface area contributed by atoms with Crippen LogP contribution in [0.5, 0.6) is 0 Å². The molecule has 6 rings (SSSR count). The summed E-state index contributed by atoms with van der Waals surface area (Å²) in [4.78, 5) is 42.5. The number of anilines is 2.